The van der Waals surface area contributed by atoms with Crippen molar-refractivity contribution in [1.29, 1.82) is 0 Å². The molecule has 0 aliphatic rings. The van der Waals surface area contributed by atoms with E-state index in [0.717, 1.165) is 6.04 Å². The van der Waals surface area contributed by atoms with Crippen molar-refractivity contribution in [3.63, 3.8) is 0 Å². The summed E-state index contributed by atoms with van der Waals surface area (Å²) in [6.45, 7) is 2.24. The van der Waals surface area contributed by atoms with Gasteiger partial charge in [0.25, 0.3) is 0 Å². The third-order valence-corrected chi connectivity index (χ3v) is 8.18. The summed E-state index contributed by atoms with van der Waals surface area (Å²) in [6, 6.07) is -1.42. The van der Waals surface area contributed by atoms with Crippen LogP contribution >= 0.6 is 33.2 Å². The fourth-order valence-electron chi connectivity index (χ4n) is 0.841. The molecule has 0 saturated carbocycles. The Labute approximate surface area is 101 Å². The van der Waals surface area contributed by atoms with E-state index in [1.165, 1.54) is 28.1 Å². The molecule has 0 unspecified atom stereocenters. The molecule has 0 aliphatic heterocycles. The van der Waals surface area contributed by atoms with E-state index in [9.17, 15) is 0 Å². The van der Waals surface area contributed by atoms with Crippen molar-refractivity contribution in [3.8, 4) is 0 Å². The van der Waals surface area contributed by atoms with Crippen LogP contribution in [0.4, 0.5) is 0 Å². The van der Waals surface area contributed by atoms with Crippen molar-refractivity contribution in [2.75, 3.05) is 0 Å². The molecule has 5 heteroatoms. The van der Waals surface area contributed by atoms with E-state index in [2.05, 4.69) is 6.92 Å². The van der Waals surface area contributed by atoms with E-state index in [1.807, 2.05) is 0 Å². The average molecular weight is 352 g/mol. The number of unbranched alkanes of at least 4 members (excludes halogenated alkanes) is 1. The van der Waals surface area contributed by atoms with Gasteiger partial charge in [-0.1, -0.05) is 0 Å². The van der Waals surface area contributed by atoms with Crippen LogP contribution in [0.5, 0.6) is 0 Å². The third-order valence-electron chi connectivity index (χ3n) is 1.52. The van der Waals surface area contributed by atoms with Gasteiger partial charge in [0.15, 0.2) is 0 Å². The summed E-state index contributed by atoms with van der Waals surface area (Å²) in [7, 11) is 0. The minimum atomic E-state index is -2.28. The molecular formula is C7H15Cl3SiSn. The van der Waals surface area contributed by atoms with Crippen LogP contribution in [-0.4, -0.2) is 27.1 Å². The Bertz CT molecular complexity index is 105. The summed E-state index contributed by atoms with van der Waals surface area (Å²) < 4.78 is 2.89. The summed E-state index contributed by atoms with van der Waals surface area (Å²) >= 11 is 17.2. The Morgan fingerprint density at radius 1 is 1.08 bits per heavy atom. The van der Waals surface area contributed by atoms with Gasteiger partial charge in [-0.3, -0.25) is 0 Å². The first-order chi connectivity index (χ1) is 5.56. The van der Waals surface area contributed by atoms with E-state index in [4.69, 9.17) is 33.2 Å². The molecule has 0 fully saturated rings. The standard InChI is InChI=1S/C4H9.C3H6Cl3Si.Sn/c1-3-4-2;1-2-3-7(4,5)6;/h1,3-4H2,2H3;1-3H2;. The van der Waals surface area contributed by atoms with Crippen molar-refractivity contribution in [2.45, 2.75) is 41.1 Å². The molecule has 0 rings (SSSR count). The van der Waals surface area contributed by atoms with Crippen molar-refractivity contribution < 1.29 is 0 Å². The van der Waals surface area contributed by atoms with E-state index in [0.29, 0.717) is 0 Å². The zero-order chi connectivity index (χ0) is 9.45. The number of hydrogen-bond donors (Lipinski definition) is 0. The molecule has 72 valence electrons. The molecule has 0 aromatic carbocycles. The topological polar surface area (TPSA) is 0 Å². The maximum atomic E-state index is 5.76. The molecule has 0 saturated heterocycles. The zero-order valence-corrected chi connectivity index (χ0v) is 13.5. The van der Waals surface area contributed by atoms with E-state index < -0.39 is 6.00 Å². The second-order valence-electron chi connectivity index (χ2n) is 2.82. The number of hydrogen-bond acceptors (Lipinski definition) is 0. The van der Waals surface area contributed by atoms with Crippen molar-refractivity contribution in [2.24, 2.45) is 0 Å². The molecule has 0 aromatic heterocycles. The molecule has 0 aliphatic carbocycles. The molecule has 0 atom stereocenters. The van der Waals surface area contributed by atoms with Crippen LogP contribution < -0.4 is 0 Å². The Morgan fingerprint density at radius 2 is 1.67 bits per heavy atom. The summed E-state index contributed by atoms with van der Waals surface area (Å²) in [5.74, 6) is 0. The Hall–Kier alpha value is 1.89. The second kappa shape index (κ2) is 8.22. The number of rotatable bonds is 7. The first kappa shape index (κ1) is 13.9. The Kier molecular flexibility index (Phi) is 9.51. The summed E-state index contributed by atoms with van der Waals surface area (Å²) in [6.07, 6.45) is 3.91. The van der Waals surface area contributed by atoms with Crippen molar-refractivity contribution in [1.82, 2.24) is 0 Å². The molecule has 0 N–H and O–H groups in total. The molecule has 0 amide bonds. The van der Waals surface area contributed by atoms with Crippen LogP contribution in [0.1, 0.15) is 26.2 Å². The van der Waals surface area contributed by atoms with Crippen LogP contribution in [0.15, 0.2) is 0 Å². The predicted octanol–water partition coefficient (Wildman–Crippen LogP) is 4.37. The van der Waals surface area contributed by atoms with Crippen LogP contribution in [-0.2, 0) is 0 Å². The first-order valence-corrected chi connectivity index (χ1v) is 13.6. The van der Waals surface area contributed by atoms with Crippen molar-refractivity contribution in [3.05, 3.63) is 0 Å². The molecule has 0 heterocycles. The fourth-order valence-corrected chi connectivity index (χ4v) is 7.28. The van der Waals surface area contributed by atoms with Gasteiger partial charge in [0.05, 0.1) is 0 Å². The van der Waals surface area contributed by atoms with Gasteiger partial charge in [-0.05, 0) is 0 Å². The van der Waals surface area contributed by atoms with Gasteiger partial charge in [0.2, 0.25) is 0 Å². The van der Waals surface area contributed by atoms with Crippen LogP contribution in [0, 0.1) is 0 Å². The third kappa shape index (κ3) is 11.9. The van der Waals surface area contributed by atoms with E-state index >= 15 is 0 Å². The fraction of sp³-hybridized carbons (Fsp3) is 1.00. The summed E-state index contributed by atoms with van der Waals surface area (Å²) in [5, 5.41) is 0. The van der Waals surface area contributed by atoms with Gasteiger partial charge < -0.3 is 0 Å². The quantitative estimate of drug-likeness (QED) is 0.363. The van der Waals surface area contributed by atoms with Gasteiger partial charge in [-0.2, -0.15) is 0 Å². The average Bonchev–Trinajstić information content (AvgIpc) is 1.94. The van der Waals surface area contributed by atoms with Crippen molar-refractivity contribution >= 4 is 60.4 Å². The second-order valence-corrected chi connectivity index (χ2v) is 16.4. The first-order valence-electron chi connectivity index (χ1n) is 4.33. The normalized spacial score (nSPS) is 12.0. The predicted molar refractivity (Wildman–Crippen MR) is 63.0 cm³/mol. The van der Waals surface area contributed by atoms with Gasteiger partial charge in [-0.25, -0.2) is 0 Å². The minimum absolute atomic E-state index is 0.0725. The van der Waals surface area contributed by atoms with Gasteiger partial charge in [0, 0.05) is 0 Å². The molecule has 0 aromatic rings. The summed E-state index contributed by atoms with van der Waals surface area (Å²) in [5.41, 5.74) is 0. The zero-order valence-electron chi connectivity index (χ0n) is 7.38. The molecule has 0 bridgehead atoms. The van der Waals surface area contributed by atoms with E-state index in [1.54, 1.807) is 0 Å². The van der Waals surface area contributed by atoms with E-state index in [-0.39, 0.29) is 21.1 Å². The van der Waals surface area contributed by atoms with Gasteiger partial charge >= 0.3 is 101 Å². The number of halogens is 3. The molecular weight excluding hydrogens is 337 g/mol. The molecule has 12 heavy (non-hydrogen) atoms. The van der Waals surface area contributed by atoms with Crippen LogP contribution in [0.25, 0.3) is 0 Å². The molecule has 2 radical (unpaired) electrons. The maximum absolute atomic E-state index is 5.76. The van der Waals surface area contributed by atoms with Crippen LogP contribution in [0.3, 0.4) is 0 Å². The summed E-state index contributed by atoms with van der Waals surface area (Å²) in [4.78, 5) is 0. The monoisotopic (exact) mass is 352 g/mol. The Morgan fingerprint density at radius 3 is 2.17 bits per heavy atom. The van der Waals surface area contributed by atoms with Gasteiger partial charge in [-0.15, -0.1) is 0 Å². The molecule has 0 nitrogen and oxygen atoms in total. The van der Waals surface area contributed by atoms with Crippen LogP contribution in [0.2, 0.25) is 14.9 Å². The SMILES string of the molecule is CCC[CH2][Sn][CH2]CC[Si](Cl)(Cl)Cl. The molecule has 0 spiro atoms. The van der Waals surface area contributed by atoms with Gasteiger partial charge in [0.1, 0.15) is 0 Å². The Balaban J connectivity index is 3.01.